The van der Waals surface area contributed by atoms with Crippen LogP contribution < -0.4 is 31.0 Å². The van der Waals surface area contributed by atoms with Crippen molar-refractivity contribution in [3.63, 3.8) is 0 Å². The number of benzene rings is 2. The lowest BCUT2D eigenvalue weighted by Gasteiger charge is -2.12. The summed E-state index contributed by atoms with van der Waals surface area (Å²) in [5, 5.41) is 5.25. The average Bonchev–Trinajstić information content (AvgIpc) is 2.76. The highest BCUT2D eigenvalue weighted by Gasteiger charge is 2.11. The lowest BCUT2D eigenvalue weighted by atomic mass is 10.2. The maximum Gasteiger partial charge on any atom is 0.264 e. The van der Waals surface area contributed by atoms with E-state index in [0.29, 0.717) is 22.2 Å². The fourth-order valence-electron chi connectivity index (χ4n) is 2.27. The van der Waals surface area contributed by atoms with E-state index in [-0.39, 0.29) is 30.5 Å². The fraction of sp³-hybridized carbons (Fsp3) is 0.200. The summed E-state index contributed by atoms with van der Waals surface area (Å²) in [5.74, 6) is -0.496. The highest BCUT2D eigenvalue weighted by molar-refractivity contribution is 7.80. The van der Waals surface area contributed by atoms with Crippen LogP contribution in [0.2, 0.25) is 5.02 Å². The highest BCUT2D eigenvalue weighted by Crippen LogP contribution is 2.25. The molecule has 0 bridgehead atoms. The van der Waals surface area contributed by atoms with Crippen molar-refractivity contribution < 1.29 is 23.9 Å². The van der Waals surface area contributed by atoms with Crippen molar-refractivity contribution in [1.82, 2.24) is 16.2 Å². The smallest absolute Gasteiger partial charge is 0.264 e. The van der Waals surface area contributed by atoms with Crippen molar-refractivity contribution in [1.29, 1.82) is 0 Å². The summed E-state index contributed by atoms with van der Waals surface area (Å²) in [5.41, 5.74) is 5.15. The summed E-state index contributed by atoms with van der Waals surface area (Å²) in [7, 11) is 1.49. The Bertz CT molecular complexity index is 957. The van der Waals surface area contributed by atoms with E-state index in [1.165, 1.54) is 7.11 Å². The molecule has 4 N–H and O–H groups in total. The molecule has 11 heteroatoms. The van der Waals surface area contributed by atoms with Gasteiger partial charge in [-0.25, -0.2) is 0 Å². The SMILES string of the molecule is COc1ccccc1OCC(=O)NC(=S)NNC(=O)CCC(=O)Nc1ccccc1Cl. The zero-order valence-electron chi connectivity index (χ0n) is 16.6. The molecule has 164 valence electrons. The minimum absolute atomic E-state index is 0.0649. The molecule has 0 spiro atoms. The number of hydrogen-bond acceptors (Lipinski definition) is 6. The van der Waals surface area contributed by atoms with E-state index in [4.69, 9.17) is 33.3 Å². The van der Waals surface area contributed by atoms with Crippen molar-refractivity contribution in [2.24, 2.45) is 0 Å². The fourth-order valence-corrected chi connectivity index (χ4v) is 2.61. The van der Waals surface area contributed by atoms with Gasteiger partial charge in [0.15, 0.2) is 23.2 Å². The molecule has 0 aromatic heterocycles. The Kier molecular flexibility index (Phi) is 9.53. The van der Waals surface area contributed by atoms with E-state index in [9.17, 15) is 14.4 Å². The number of carbonyl (C=O) groups is 3. The van der Waals surface area contributed by atoms with E-state index < -0.39 is 11.8 Å². The molecule has 0 fully saturated rings. The number of anilines is 1. The molecule has 0 saturated heterocycles. The molecule has 0 unspecified atom stereocenters. The van der Waals surface area contributed by atoms with Crippen molar-refractivity contribution in [3.05, 3.63) is 53.6 Å². The number of amides is 3. The number of halogens is 1. The molecule has 9 nitrogen and oxygen atoms in total. The predicted molar refractivity (Wildman–Crippen MR) is 120 cm³/mol. The molecule has 3 amide bonds. The Balaban J connectivity index is 1.64. The number of hydrogen-bond donors (Lipinski definition) is 4. The third kappa shape index (κ3) is 8.49. The van der Waals surface area contributed by atoms with Gasteiger partial charge in [-0.2, -0.15) is 0 Å². The van der Waals surface area contributed by atoms with E-state index >= 15 is 0 Å². The first-order valence-corrected chi connectivity index (χ1v) is 9.86. The third-order valence-electron chi connectivity index (χ3n) is 3.72. The number of ether oxygens (including phenoxy) is 2. The summed E-state index contributed by atoms with van der Waals surface area (Å²) in [6.45, 7) is -0.307. The molecule has 0 saturated carbocycles. The first-order valence-electron chi connectivity index (χ1n) is 9.08. The summed E-state index contributed by atoms with van der Waals surface area (Å²) < 4.78 is 10.5. The van der Waals surface area contributed by atoms with Crippen LogP contribution >= 0.6 is 23.8 Å². The second kappa shape index (κ2) is 12.4. The summed E-state index contributed by atoms with van der Waals surface area (Å²) in [6.07, 6.45) is -0.165. The van der Waals surface area contributed by atoms with E-state index in [0.717, 1.165) is 0 Å². The van der Waals surface area contributed by atoms with Crippen LogP contribution in [-0.4, -0.2) is 36.6 Å². The van der Waals surface area contributed by atoms with Crippen molar-refractivity contribution in [3.8, 4) is 11.5 Å². The van der Waals surface area contributed by atoms with Crippen LogP contribution in [0.15, 0.2) is 48.5 Å². The molecule has 0 aliphatic carbocycles. The largest absolute Gasteiger partial charge is 0.493 e. The van der Waals surface area contributed by atoms with Gasteiger partial charge in [0.25, 0.3) is 5.91 Å². The van der Waals surface area contributed by atoms with Crippen LogP contribution in [0.3, 0.4) is 0 Å². The Labute approximate surface area is 189 Å². The van der Waals surface area contributed by atoms with Gasteiger partial charge in [-0.3, -0.25) is 30.6 Å². The monoisotopic (exact) mass is 464 g/mol. The molecule has 2 aromatic rings. The number of methoxy groups -OCH3 is 1. The molecule has 0 radical (unpaired) electrons. The molecule has 0 heterocycles. The minimum Gasteiger partial charge on any atom is -0.493 e. The van der Waals surface area contributed by atoms with E-state index in [1.54, 1.807) is 48.5 Å². The van der Waals surface area contributed by atoms with Crippen LogP contribution in [-0.2, 0) is 14.4 Å². The lowest BCUT2D eigenvalue weighted by molar-refractivity contribution is -0.125. The van der Waals surface area contributed by atoms with Crippen molar-refractivity contribution in [2.45, 2.75) is 12.8 Å². The highest BCUT2D eigenvalue weighted by atomic mass is 35.5. The molecule has 2 aromatic carbocycles. The molecule has 31 heavy (non-hydrogen) atoms. The van der Waals surface area contributed by atoms with Gasteiger partial charge in [-0.1, -0.05) is 35.9 Å². The van der Waals surface area contributed by atoms with Gasteiger partial charge in [0, 0.05) is 12.8 Å². The van der Waals surface area contributed by atoms with Crippen LogP contribution in [0.4, 0.5) is 5.69 Å². The lowest BCUT2D eigenvalue weighted by Crippen LogP contribution is -2.49. The quantitative estimate of drug-likeness (QED) is 0.349. The zero-order chi connectivity index (χ0) is 22.6. The summed E-state index contributed by atoms with van der Waals surface area (Å²) in [4.78, 5) is 35.7. The van der Waals surface area contributed by atoms with Gasteiger partial charge in [-0.15, -0.1) is 0 Å². The third-order valence-corrected chi connectivity index (χ3v) is 4.26. The number of nitrogens with one attached hydrogen (secondary N) is 4. The number of thiocarbonyl (C=S) groups is 1. The van der Waals surface area contributed by atoms with Crippen LogP contribution in [0.5, 0.6) is 11.5 Å². The normalized spacial score (nSPS) is 9.87. The Morgan fingerprint density at radius 1 is 0.903 bits per heavy atom. The Morgan fingerprint density at radius 2 is 1.55 bits per heavy atom. The van der Waals surface area contributed by atoms with Gasteiger partial charge in [0.1, 0.15) is 0 Å². The number of rotatable bonds is 8. The van der Waals surface area contributed by atoms with Crippen LogP contribution in [0.1, 0.15) is 12.8 Å². The van der Waals surface area contributed by atoms with Gasteiger partial charge in [-0.05, 0) is 36.5 Å². The number of para-hydroxylation sites is 3. The van der Waals surface area contributed by atoms with Gasteiger partial charge < -0.3 is 14.8 Å². The van der Waals surface area contributed by atoms with Gasteiger partial charge >= 0.3 is 0 Å². The molecule has 0 aliphatic rings. The average molecular weight is 465 g/mol. The van der Waals surface area contributed by atoms with Gasteiger partial charge in [0.2, 0.25) is 11.8 Å². The maximum absolute atomic E-state index is 11.9. The Hall–Kier alpha value is -3.37. The Morgan fingerprint density at radius 3 is 2.26 bits per heavy atom. The summed E-state index contributed by atoms with van der Waals surface area (Å²) >= 11 is 10.9. The summed E-state index contributed by atoms with van der Waals surface area (Å²) in [6, 6.07) is 13.6. The molecule has 0 aliphatic heterocycles. The van der Waals surface area contributed by atoms with Crippen molar-refractivity contribution in [2.75, 3.05) is 19.0 Å². The maximum atomic E-state index is 11.9. The molecule has 2 rings (SSSR count). The van der Waals surface area contributed by atoms with Crippen LogP contribution in [0.25, 0.3) is 0 Å². The first-order chi connectivity index (χ1) is 14.9. The molecular formula is C20H21ClN4O5S. The molecular weight excluding hydrogens is 444 g/mol. The predicted octanol–water partition coefficient (Wildman–Crippen LogP) is 2.17. The molecule has 0 atom stereocenters. The first kappa shape index (κ1) is 23.9. The standard InChI is InChI=1S/C20H21ClN4O5S/c1-29-15-8-4-5-9-16(15)30-12-19(28)23-20(31)25-24-18(27)11-10-17(26)22-14-7-3-2-6-13(14)21/h2-9H,10-12H2,1H3,(H,22,26)(H,24,27)(H2,23,25,28,31). The zero-order valence-corrected chi connectivity index (χ0v) is 18.1. The second-order valence-electron chi connectivity index (χ2n) is 6.02. The number of carbonyl (C=O) groups excluding carboxylic acids is 3. The minimum atomic E-state index is -0.531. The van der Waals surface area contributed by atoms with E-state index in [1.807, 2.05) is 0 Å². The van der Waals surface area contributed by atoms with E-state index in [2.05, 4.69) is 21.5 Å². The van der Waals surface area contributed by atoms with Crippen LogP contribution in [0, 0.1) is 0 Å². The number of hydrazine groups is 1. The topological polar surface area (TPSA) is 118 Å². The van der Waals surface area contributed by atoms with Crippen molar-refractivity contribution >= 4 is 52.3 Å². The second-order valence-corrected chi connectivity index (χ2v) is 6.83. The van der Waals surface area contributed by atoms with Gasteiger partial charge in [0.05, 0.1) is 17.8 Å².